The second kappa shape index (κ2) is 7.21. The summed E-state index contributed by atoms with van der Waals surface area (Å²) in [7, 11) is 0. The molecule has 0 aliphatic rings. The molecule has 0 heterocycles. The fourth-order valence-corrected chi connectivity index (χ4v) is 1.83. The Morgan fingerprint density at radius 2 is 1.65 bits per heavy atom. The Hall–Kier alpha value is -0.290. The fraction of sp³-hybridized carbons (Fsp3) is 1.00. The van der Waals surface area contributed by atoms with Gasteiger partial charge in [0.15, 0.2) is 0 Å². The Morgan fingerprint density at radius 1 is 1.12 bits per heavy atom. The van der Waals surface area contributed by atoms with Crippen molar-refractivity contribution in [3.05, 3.63) is 0 Å². The van der Waals surface area contributed by atoms with Gasteiger partial charge in [-0.15, -0.1) is 0 Å². The Kier molecular flexibility index (Phi) is 7.09. The Bertz CT molecular complexity index is 204. The second-order valence-electron chi connectivity index (χ2n) is 4.86. The number of alkyl halides is 3. The first-order chi connectivity index (χ1) is 7.69. The predicted octanol–water partition coefficient (Wildman–Crippen LogP) is 3.04. The third kappa shape index (κ3) is 6.88. The normalized spacial score (nSPS) is 16.6. The molecule has 0 aromatic carbocycles. The molecule has 0 radical (unpaired) electrons. The quantitative estimate of drug-likeness (QED) is 0.751. The first-order valence-electron chi connectivity index (χ1n) is 6.25. The maximum absolute atomic E-state index is 12.5. The van der Waals surface area contributed by atoms with Crippen molar-refractivity contribution < 1.29 is 13.2 Å². The lowest BCUT2D eigenvalue weighted by Gasteiger charge is -2.37. The van der Waals surface area contributed by atoms with Crippen LogP contribution in [0.25, 0.3) is 0 Å². The lowest BCUT2D eigenvalue weighted by molar-refractivity contribution is -0.155. The molecule has 0 saturated heterocycles. The van der Waals surface area contributed by atoms with E-state index in [9.17, 15) is 13.2 Å². The standard InChI is InChI=1S/C12H25F3N2/c1-6-7-16-10(4)11(5)17(9(2)3)8-12(13,14)15/h9-11,16H,6-8H2,1-5H3. The van der Waals surface area contributed by atoms with Crippen molar-refractivity contribution in [2.75, 3.05) is 13.1 Å². The van der Waals surface area contributed by atoms with Gasteiger partial charge in [-0.25, -0.2) is 0 Å². The van der Waals surface area contributed by atoms with E-state index in [0.29, 0.717) is 0 Å². The molecule has 0 spiro atoms. The number of halogens is 3. The minimum absolute atomic E-state index is 0.0553. The van der Waals surface area contributed by atoms with Crippen molar-refractivity contribution in [3.8, 4) is 0 Å². The molecule has 104 valence electrons. The van der Waals surface area contributed by atoms with Crippen LogP contribution in [0.1, 0.15) is 41.0 Å². The van der Waals surface area contributed by atoms with Crippen LogP contribution in [0.3, 0.4) is 0 Å². The van der Waals surface area contributed by atoms with Crippen molar-refractivity contribution in [1.82, 2.24) is 10.2 Å². The van der Waals surface area contributed by atoms with E-state index in [1.165, 1.54) is 4.90 Å². The van der Waals surface area contributed by atoms with Gasteiger partial charge >= 0.3 is 6.18 Å². The van der Waals surface area contributed by atoms with Crippen molar-refractivity contribution >= 4 is 0 Å². The van der Waals surface area contributed by atoms with Crippen molar-refractivity contribution in [2.24, 2.45) is 0 Å². The number of nitrogens with one attached hydrogen (secondary N) is 1. The molecular weight excluding hydrogens is 229 g/mol. The molecule has 2 nitrogen and oxygen atoms in total. The van der Waals surface area contributed by atoms with Crippen LogP contribution in [0, 0.1) is 0 Å². The molecule has 0 bridgehead atoms. The van der Waals surface area contributed by atoms with E-state index in [0.717, 1.165) is 13.0 Å². The van der Waals surface area contributed by atoms with E-state index >= 15 is 0 Å². The molecule has 0 fully saturated rings. The first kappa shape index (κ1) is 16.7. The van der Waals surface area contributed by atoms with Gasteiger partial charge in [-0.1, -0.05) is 6.92 Å². The van der Waals surface area contributed by atoms with Gasteiger partial charge in [-0.05, 0) is 40.7 Å². The molecule has 5 heteroatoms. The summed E-state index contributed by atoms with van der Waals surface area (Å²) < 4.78 is 37.4. The average Bonchev–Trinajstić information content (AvgIpc) is 2.19. The number of nitrogens with zero attached hydrogens (tertiary/aromatic N) is 1. The zero-order chi connectivity index (χ0) is 13.6. The number of hydrogen-bond donors (Lipinski definition) is 1. The van der Waals surface area contributed by atoms with Gasteiger partial charge in [0, 0.05) is 18.1 Å². The van der Waals surface area contributed by atoms with E-state index in [1.807, 2.05) is 20.8 Å². The maximum Gasteiger partial charge on any atom is 0.401 e. The summed E-state index contributed by atoms with van der Waals surface area (Å²) in [5, 5.41) is 3.24. The fourth-order valence-electron chi connectivity index (χ4n) is 1.83. The Labute approximate surface area is 103 Å². The van der Waals surface area contributed by atoms with Crippen LogP contribution in [0.15, 0.2) is 0 Å². The lowest BCUT2D eigenvalue weighted by Crippen LogP contribution is -2.52. The van der Waals surface area contributed by atoms with Gasteiger partial charge in [0.05, 0.1) is 6.54 Å². The third-order valence-corrected chi connectivity index (χ3v) is 2.99. The van der Waals surface area contributed by atoms with Crippen LogP contribution in [-0.2, 0) is 0 Å². The van der Waals surface area contributed by atoms with Crippen molar-refractivity contribution in [3.63, 3.8) is 0 Å². The van der Waals surface area contributed by atoms with Crippen molar-refractivity contribution in [1.29, 1.82) is 0 Å². The van der Waals surface area contributed by atoms with E-state index in [1.54, 1.807) is 13.8 Å². The number of hydrogen-bond acceptors (Lipinski definition) is 2. The zero-order valence-electron chi connectivity index (χ0n) is 11.4. The van der Waals surface area contributed by atoms with Gasteiger partial charge in [-0.2, -0.15) is 13.2 Å². The largest absolute Gasteiger partial charge is 0.401 e. The van der Waals surface area contributed by atoms with Gasteiger partial charge in [0.2, 0.25) is 0 Å². The summed E-state index contributed by atoms with van der Waals surface area (Å²) >= 11 is 0. The van der Waals surface area contributed by atoms with Crippen LogP contribution in [-0.4, -0.2) is 42.3 Å². The molecule has 2 atom stereocenters. The Morgan fingerprint density at radius 3 is 2.00 bits per heavy atom. The minimum atomic E-state index is -4.14. The summed E-state index contributed by atoms with van der Waals surface area (Å²) in [6.07, 6.45) is -3.15. The van der Waals surface area contributed by atoms with Gasteiger partial charge in [0.25, 0.3) is 0 Å². The molecule has 0 aromatic heterocycles. The summed E-state index contributed by atoms with van der Waals surface area (Å²) in [6.45, 7) is 9.42. The molecule has 0 rings (SSSR count). The smallest absolute Gasteiger partial charge is 0.313 e. The van der Waals surface area contributed by atoms with Gasteiger partial charge in [-0.3, -0.25) is 4.90 Å². The van der Waals surface area contributed by atoms with E-state index < -0.39 is 12.7 Å². The highest BCUT2D eigenvalue weighted by Gasteiger charge is 2.35. The molecule has 2 unspecified atom stereocenters. The minimum Gasteiger partial charge on any atom is -0.313 e. The van der Waals surface area contributed by atoms with Gasteiger partial charge < -0.3 is 5.32 Å². The molecular formula is C12H25F3N2. The second-order valence-corrected chi connectivity index (χ2v) is 4.86. The van der Waals surface area contributed by atoms with Crippen LogP contribution in [0.2, 0.25) is 0 Å². The van der Waals surface area contributed by atoms with Crippen LogP contribution < -0.4 is 5.32 Å². The van der Waals surface area contributed by atoms with E-state index in [4.69, 9.17) is 0 Å². The highest BCUT2D eigenvalue weighted by molar-refractivity contribution is 4.81. The first-order valence-corrected chi connectivity index (χ1v) is 6.25. The zero-order valence-corrected chi connectivity index (χ0v) is 11.4. The van der Waals surface area contributed by atoms with E-state index in [-0.39, 0.29) is 18.1 Å². The van der Waals surface area contributed by atoms with E-state index in [2.05, 4.69) is 5.32 Å². The molecule has 1 N–H and O–H groups in total. The molecule has 0 saturated carbocycles. The average molecular weight is 254 g/mol. The molecule has 0 amide bonds. The molecule has 0 aliphatic carbocycles. The Balaban J connectivity index is 4.48. The maximum atomic E-state index is 12.5. The van der Waals surface area contributed by atoms with Crippen LogP contribution >= 0.6 is 0 Å². The molecule has 0 aromatic rings. The number of rotatable bonds is 7. The summed E-state index contributed by atoms with van der Waals surface area (Å²) in [5.74, 6) is 0. The predicted molar refractivity (Wildman–Crippen MR) is 65.1 cm³/mol. The van der Waals surface area contributed by atoms with Crippen molar-refractivity contribution in [2.45, 2.75) is 65.3 Å². The molecule has 0 aliphatic heterocycles. The lowest BCUT2D eigenvalue weighted by atomic mass is 10.1. The highest BCUT2D eigenvalue weighted by Crippen LogP contribution is 2.20. The highest BCUT2D eigenvalue weighted by atomic mass is 19.4. The summed E-state index contributed by atoms with van der Waals surface area (Å²) in [6, 6.07) is -0.194. The third-order valence-electron chi connectivity index (χ3n) is 2.99. The molecule has 17 heavy (non-hydrogen) atoms. The SMILES string of the molecule is CCCNC(C)C(C)N(CC(F)(F)F)C(C)C. The monoisotopic (exact) mass is 254 g/mol. The van der Waals surface area contributed by atoms with Crippen LogP contribution in [0.4, 0.5) is 13.2 Å². The van der Waals surface area contributed by atoms with Crippen LogP contribution in [0.5, 0.6) is 0 Å². The topological polar surface area (TPSA) is 15.3 Å². The summed E-state index contributed by atoms with van der Waals surface area (Å²) in [4.78, 5) is 1.49. The van der Waals surface area contributed by atoms with Gasteiger partial charge in [0.1, 0.15) is 0 Å². The summed E-state index contributed by atoms with van der Waals surface area (Å²) in [5.41, 5.74) is 0.